The average Bonchev–Trinajstić information content (AvgIpc) is 3.00. The van der Waals surface area contributed by atoms with Gasteiger partial charge in [0.2, 0.25) is 5.91 Å². The molecule has 0 aliphatic carbocycles. The van der Waals surface area contributed by atoms with Crippen LogP contribution in [0.1, 0.15) is 31.9 Å². The van der Waals surface area contributed by atoms with Crippen molar-refractivity contribution >= 4 is 28.4 Å². The molecule has 0 unspecified atom stereocenters. The minimum atomic E-state index is -0.237. The molecule has 1 heterocycles. The number of hydrogen-bond donors (Lipinski definition) is 2. The first-order chi connectivity index (χ1) is 12.6. The highest BCUT2D eigenvalue weighted by Crippen LogP contribution is 2.24. The smallest absolute Gasteiger partial charge is 0.343 e. The van der Waals surface area contributed by atoms with E-state index in [4.69, 9.17) is 0 Å². The quantitative estimate of drug-likeness (QED) is 0.626. The molecule has 0 fully saturated rings. The monoisotopic (exact) mass is 370 g/mol. The van der Waals surface area contributed by atoms with Crippen LogP contribution in [0.3, 0.4) is 0 Å². The van der Waals surface area contributed by atoms with Crippen LogP contribution in [0, 0.1) is 0 Å². The van der Waals surface area contributed by atoms with E-state index in [9.17, 15) is 9.59 Å². The highest BCUT2D eigenvalue weighted by molar-refractivity contribution is 7.99. The first kappa shape index (κ1) is 18.3. The summed E-state index contributed by atoms with van der Waals surface area (Å²) in [6.07, 6.45) is 0.831. The molecule has 1 amide bonds. The molecule has 7 heteroatoms. The first-order valence-electron chi connectivity index (χ1n) is 8.65. The number of aromatic nitrogens is 3. The lowest BCUT2D eigenvalue weighted by atomic mass is 10.00. The summed E-state index contributed by atoms with van der Waals surface area (Å²) in [5, 5.41) is 12.3. The van der Waals surface area contributed by atoms with E-state index >= 15 is 0 Å². The molecule has 136 valence electrons. The number of benzene rings is 2. The lowest BCUT2D eigenvalue weighted by Crippen LogP contribution is -2.28. The van der Waals surface area contributed by atoms with Gasteiger partial charge in [-0.2, -0.15) is 0 Å². The third-order valence-electron chi connectivity index (χ3n) is 4.17. The summed E-state index contributed by atoms with van der Waals surface area (Å²) >= 11 is 1.27. The minimum absolute atomic E-state index is 0.0890. The Morgan fingerprint density at radius 1 is 1.27 bits per heavy atom. The van der Waals surface area contributed by atoms with Crippen molar-refractivity contribution in [2.45, 2.75) is 38.0 Å². The van der Waals surface area contributed by atoms with Crippen molar-refractivity contribution in [3.63, 3.8) is 0 Å². The number of nitrogens with one attached hydrogen (secondary N) is 2. The summed E-state index contributed by atoms with van der Waals surface area (Å²) in [4.78, 5) is 24.0. The lowest BCUT2D eigenvalue weighted by Gasteiger charge is -2.16. The van der Waals surface area contributed by atoms with Gasteiger partial charge in [0.15, 0.2) is 5.16 Å². The first-order valence-corrected chi connectivity index (χ1v) is 9.63. The van der Waals surface area contributed by atoms with Crippen molar-refractivity contribution in [1.29, 1.82) is 0 Å². The molecule has 3 aromatic rings. The summed E-state index contributed by atoms with van der Waals surface area (Å²) in [6.45, 7) is 4.56. The van der Waals surface area contributed by atoms with E-state index in [1.54, 1.807) is 4.57 Å². The van der Waals surface area contributed by atoms with Crippen LogP contribution in [0.25, 0.3) is 10.8 Å². The maximum atomic E-state index is 12.4. The van der Waals surface area contributed by atoms with Crippen LogP contribution in [-0.2, 0) is 11.3 Å². The van der Waals surface area contributed by atoms with Gasteiger partial charge in [-0.3, -0.25) is 9.36 Å². The Morgan fingerprint density at radius 2 is 2.04 bits per heavy atom. The molecular formula is C19H22N4O2S. The molecule has 2 N–H and O–H groups in total. The normalized spacial score (nSPS) is 12.2. The van der Waals surface area contributed by atoms with Crippen LogP contribution in [-0.4, -0.2) is 26.4 Å². The van der Waals surface area contributed by atoms with Gasteiger partial charge in [0, 0.05) is 6.54 Å². The van der Waals surface area contributed by atoms with E-state index in [0.717, 1.165) is 22.8 Å². The van der Waals surface area contributed by atoms with Crippen molar-refractivity contribution in [1.82, 2.24) is 20.1 Å². The molecular weight excluding hydrogens is 348 g/mol. The molecule has 0 spiro atoms. The van der Waals surface area contributed by atoms with Crippen LogP contribution < -0.4 is 11.0 Å². The number of fused-ring (bicyclic) bond motifs is 1. The van der Waals surface area contributed by atoms with Gasteiger partial charge in [-0.15, -0.1) is 5.10 Å². The summed E-state index contributed by atoms with van der Waals surface area (Å²) in [5.41, 5.74) is 0.850. The fourth-order valence-corrected chi connectivity index (χ4v) is 3.74. The van der Waals surface area contributed by atoms with Crippen molar-refractivity contribution in [2.24, 2.45) is 0 Å². The van der Waals surface area contributed by atoms with E-state index < -0.39 is 0 Å². The van der Waals surface area contributed by atoms with Gasteiger partial charge in [-0.25, -0.2) is 9.89 Å². The predicted octanol–water partition coefficient (Wildman–Crippen LogP) is 3.10. The van der Waals surface area contributed by atoms with Gasteiger partial charge in [-0.05, 0) is 29.7 Å². The molecule has 0 aliphatic heterocycles. The zero-order chi connectivity index (χ0) is 18.5. The molecule has 3 rings (SSSR count). The minimum Gasteiger partial charge on any atom is -0.349 e. The van der Waals surface area contributed by atoms with Crippen molar-refractivity contribution in [3.8, 4) is 0 Å². The Labute approximate surface area is 156 Å². The van der Waals surface area contributed by atoms with E-state index in [0.29, 0.717) is 11.7 Å². The Balaban J connectivity index is 1.65. The molecule has 2 aromatic carbocycles. The third-order valence-corrected chi connectivity index (χ3v) is 5.15. The average molecular weight is 370 g/mol. The Bertz CT molecular complexity index is 958. The zero-order valence-corrected chi connectivity index (χ0v) is 15.7. The molecule has 1 aromatic heterocycles. The number of amides is 1. The molecule has 1 atom stereocenters. The lowest BCUT2D eigenvalue weighted by molar-refractivity contribution is -0.119. The standard InChI is InChI=1S/C19H22N4O2S/c1-3-11-23-18(25)21-22-19(23)26-12-17(24)20-13(2)15-10-6-8-14-7-4-5-9-16(14)15/h4-10,13H,3,11-12H2,1-2H3,(H,20,24)(H,21,25)/t13-/m0/s1. The molecule has 0 saturated carbocycles. The van der Waals surface area contributed by atoms with Crippen molar-refractivity contribution in [2.75, 3.05) is 5.75 Å². The highest BCUT2D eigenvalue weighted by Gasteiger charge is 2.14. The van der Waals surface area contributed by atoms with Crippen LogP contribution in [0.5, 0.6) is 0 Å². The summed E-state index contributed by atoms with van der Waals surface area (Å²) in [5.74, 6) is 0.122. The number of H-pyrrole nitrogens is 1. The van der Waals surface area contributed by atoms with Crippen LogP contribution in [0.2, 0.25) is 0 Å². The van der Waals surface area contributed by atoms with Crippen molar-refractivity contribution in [3.05, 3.63) is 58.5 Å². The van der Waals surface area contributed by atoms with E-state index in [2.05, 4.69) is 33.7 Å². The predicted molar refractivity (Wildman–Crippen MR) is 104 cm³/mol. The number of nitrogens with zero attached hydrogens (tertiary/aromatic N) is 2. The SMILES string of the molecule is CCCn1c(SCC(=O)N[C@@H](C)c2cccc3ccccc23)n[nH]c1=O. The molecule has 26 heavy (non-hydrogen) atoms. The van der Waals surface area contributed by atoms with E-state index in [-0.39, 0.29) is 23.4 Å². The van der Waals surface area contributed by atoms with Gasteiger partial charge in [-0.1, -0.05) is 61.2 Å². The fourth-order valence-electron chi connectivity index (χ4n) is 2.95. The van der Waals surface area contributed by atoms with Gasteiger partial charge >= 0.3 is 5.69 Å². The van der Waals surface area contributed by atoms with Crippen LogP contribution in [0.4, 0.5) is 0 Å². The number of carbonyl (C=O) groups is 1. The van der Waals surface area contributed by atoms with E-state index in [1.165, 1.54) is 11.8 Å². The maximum absolute atomic E-state index is 12.4. The Hall–Kier alpha value is -2.54. The van der Waals surface area contributed by atoms with E-state index in [1.807, 2.05) is 38.1 Å². The molecule has 0 saturated heterocycles. The summed E-state index contributed by atoms with van der Waals surface area (Å²) in [6, 6.07) is 14.1. The van der Waals surface area contributed by atoms with Crippen LogP contribution >= 0.6 is 11.8 Å². The largest absolute Gasteiger partial charge is 0.349 e. The maximum Gasteiger partial charge on any atom is 0.343 e. The molecule has 6 nitrogen and oxygen atoms in total. The summed E-state index contributed by atoms with van der Waals surface area (Å²) in [7, 11) is 0. The number of hydrogen-bond acceptors (Lipinski definition) is 4. The zero-order valence-electron chi connectivity index (χ0n) is 14.9. The Kier molecular flexibility index (Phi) is 5.78. The summed E-state index contributed by atoms with van der Waals surface area (Å²) < 4.78 is 1.56. The second-order valence-corrected chi connectivity index (χ2v) is 7.05. The third kappa shape index (κ3) is 3.99. The van der Waals surface area contributed by atoms with Crippen LogP contribution in [0.15, 0.2) is 52.4 Å². The molecule has 0 radical (unpaired) electrons. The molecule has 0 aliphatic rings. The second-order valence-electron chi connectivity index (χ2n) is 6.11. The van der Waals surface area contributed by atoms with Gasteiger partial charge in [0.1, 0.15) is 0 Å². The number of thioether (sulfide) groups is 1. The van der Waals surface area contributed by atoms with Gasteiger partial charge < -0.3 is 5.32 Å². The number of rotatable bonds is 7. The fraction of sp³-hybridized carbons (Fsp3) is 0.316. The van der Waals surface area contributed by atoms with Gasteiger partial charge in [0.25, 0.3) is 0 Å². The van der Waals surface area contributed by atoms with Gasteiger partial charge in [0.05, 0.1) is 11.8 Å². The highest BCUT2D eigenvalue weighted by atomic mass is 32.2. The van der Waals surface area contributed by atoms with Crippen molar-refractivity contribution < 1.29 is 4.79 Å². The Morgan fingerprint density at radius 3 is 2.85 bits per heavy atom. The number of carbonyl (C=O) groups excluding carboxylic acids is 1. The molecule has 0 bridgehead atoms. The topological polar surface area (TPSA) is 79.8 Å². The number of aromatic amines is 1. The second kappa shape index (κ2) is 8.23.